The Morgan fingerprint density at radius 2 is 1.92 bits per heavy atom. The van der Waals surface area contributed by atoms with Gasteiger partial charge < -0.3 is 4.90 Å². The summed E-state index contributed by atoms with van der Waals surface area (Å²) in [6.45, 7) is 4.20. The number of carbonyl (C=O) groups excluding carboxylic acids is 1. The first-order valence-electron chi connectivity index (χ1n) is 8.86. The molecule has 0 radical (unpaired) electrons. The van der Waals surface area contributed by atoms with Crippen LogP contribution in [0.15, 0.2) is 48.5 Å². The lowest BCUT2D eigenvalue weighted by Crippen LogP contribution is -2.44. The number of aryl methyl sites for hydroxylation is 2. The van der Waals surface area contributed by atoms with Crippen molar-refractivity contribution in [3.63, 3.8) is 0 Å². The van der Waals surface area contributed by atoms with E-state index in [4.69, 9.17) is 0 Å². The molecule has 2 heterocycles. The van der Waals surface area contributed by atoms with Crippen molar-refractivity contribution in [3.8, 4) is 11.4 Å². The van der Waals surface area contributed by atoms with Crippen molar-refractivity contribution < 1.29 is 4.79 Å². The van der Waals surface area contributed by atoms with Crippen LogP contribution in [0.5, 0.6) is 0 Å². The van der Waals surface area contributed by atoms with E-state index < -0.39 is 0 Å². The summed E-state index contributed by atoms with van der Waals surface area (Å²) in [7, 11) is 0. The van der Waals surface area contributed by atoms with Crippen molar-refractivity contribution in [3.05, 3.63) is 59.7 Å². The molecule has 1 atom stereocenters. The first-order valence-corrected chi connectivity index (χ1v) is 8.86. The number of hydrogen-bond donors (Lipinski definition) is 0. The topological polar surface area (TPSA) is 63.9 Å². The number of benzene rings is 2. The summed E-state index contributed by atoms with van der Waals surface area (Å²) >= 11 is 0. The Kier molecular flexibility index (Phi) is 4.24. The monoisotopic (exact) mass is 347 g/mol. The minimum Gasteiger partial charge on any atom is -0.308 e. The van der Waals surface area contributed by atoms with Crippen molar-refractivity contribution in [2.24, 2.45) is 0 Å². The van der Waals surface area contributed by atoms with E-state index in [1.54, 1.807) is 0 Å². The summed E-state index contributed by atoms with van der Waals surface area (Å²) < 4.78 is 0. The van der Waals surface area contributed by atoms with Crippen molar-refractivity contribution in [2.45, 2.75) is 39.3 Å². The molecule has 26 heavy (non-hydrogen) atoms. The zero-order valence-corrected chi connectivity index (χ0v) is 15.0. The van der Waals surface area contributed by atoms with Gasteiger partial charge >= 0.3 is 0 Å². The quantitative estimate of drug-likeness (QED) is 0.730. The normalized spacial score (nSPS) is 16.4. The van der Waals surface area contributed by atoms with Crippen molar-refractivity contribution in [1.82, 2.24) is 20.2 Å². The zero-order chi connectivity index (χ0) is 18.1. The maximum atomic E-state index is 12.9. The van der Waals surface area contributed by atoms with Crippen LogP contribution in [0.4, 0.5) is 5.69 Å². The molecular formula is C20H21N5O. The molecule has 2 aromatic carbocycles. The zero-order valence-electron chi connectivity index (χ0n) is 15.0. The molecule has 0 unspecified atom stereocenters. The van der Waals surface area contributed by atoms with Crippen LogP contribution >= 0.6 is 0 Å². The molecular weight excluding hydrogens is 326 g/mol. The molecule has 132 valence electrons. The highest BCUT2D eigenvalue weighted by Gasteiger charge is 2.28. The molecule has 0 spiro atoms. The summed E-state index contributed by atoms with van der Waals surface area (Å²) in [6.07, 6.45) is 1.96. The Morgan fingerprint density at radius 1 is 1.15 bits per heavy atom. The summed E-state index contributed by atoms with van der Waals surface area (Å²) in [4.78, 5) is 16.2. The molecule has 0 bridgehead atoms. The molecule has 1 aliphatic rings. The third-order valence-electron chi connectivity index (χ3n) is 4.83. The van der Waals surface area contributed by atoms with Crippen LogP contribution in [0.2, 0.25) is 0 Å². The second kappa shape index (κ2) is 6.71. The number of amides is 1. The molecule has 0 saturated heterocycles. The van der Waals surface area contributed by atoms with Gasteiger partial charge in [0.25, 0.3) is 5.91 Å². The molecule has 0 aliphatic carbocycles. The summed E-state index contributed by atoms with van der Waals surface area (Å²) in [5.74, 6) is 0.516. The largest absolute Gasteiger partial charge is 0.308 e. The predicted octanol–water partition coefficient (Wildman–Crippen LogP) is 3.02. The minimum absolute atomic E-state index is 0.0162. The summed E-state index contributed by atoms with van der Waals surface area (Å²) in [5, 5.41) is 12.5. The van der Waals surface area contributed by atoms with Crippen LogP contribution in [0.1, 0.15) is 24.5 Å². The van der Waals surface area contributed by atoms with Crippen LogP contribution < -0.4 is 4.90 Å². The van der Waals surface area contributed by atoms with E-state index in [1.807, 2.05) is 54.3 Å². The molecule has 4 rings (SSSR count). The fourth-order valence-corrected chi connectivity index (χ4v) is 3.39. The van der Waals surface area contributed by atoms with Gasteiger partial charge in [0.05, 0.1) is 0 Å². The average Bonchev–Trinajstić information content (AvgIpc) is 3.10. The van der Waals surface area contributed by atoms with E-state index in [-0.39, 0.29) is 18.5 Å². The van der Waals surface area contributed by atoms with Crippen LogP contribution in [-0.4, -0.2) is 32.2 Å². The van der Waals surface area contributed by atoms with Gasteiger partial charge in [0.1, 0.15) is 6.54 Å². The second-order valence-electron chi connectivity index (χ2n) is 6.79. The maximum Gasteiger partial charge on any atom is 0.250 e. The number of tetrazole rings is 1. The third-order valence-corrected chi connectivity index (χ3v) is 4.83. The van der Waals surface area contributed by atoms with Crippen LogP contribution in [0.3, 0.4) is 0 Å². The minimum atomic E-state index is -0.0162. The fraction of sp³-hybridized carbons (Fsp3) is 0.300. The Morgan fingerprint density at radius 3 is 2.73 bits per heavy atom. The number of rotatable bonds is 3. The standard InChI is InChI=1S/C20H21N5O/c1-14-7-10-17(11-8-14)20-21-23-24(22-20)13-19(26)25-15(2)9-12-16-5-3-4-6-18(16)25/h3-8,10-11,15H,9,12-13H2,1-2H3/t15-/m0/s1. The molecule has 1 amide bonds. The van der Waals surface area contributed by atoms with E-state index in [0.29, 0.717) is 5.82 Å². The molecule has 1 aromatic heterocycles. The first-order chi connectivity index (χ1) is 12.6. The van der Waals surface area contributed by atoms with E-state index in [0.717, 1.165) is 24.1 Å². The maximum absolute atomic E-state index is 12.9. The lowest BCUT2D eigenvalue weighted by Gasteiger charge is -2.35. The number of carbonyl (C=O) groups is 1. The van der Waals surface area contributed by atoms with E-state index in [1.165, 1.54) is 15.9 Å². The smallest absolute Gasteiger partial charge is 0.250 e. The van der Waals surface area contributed by atoms with Gasteiger partial charge in [-0.3, -0.25) is 4.79 Å². The summed E-state index contributed by atoms with van der Waals surface area (Å²) in [5.41, 5.74) is 4.28. The highest BCUT2D eigenvalue weighted by Crippen LogP contribution is 2.30. The lowest BCUT2D eigenvalue weighted by atomic mass is 9.96. The summed E-state index contributed by atoms with van der Waals surface area (Å²) in [6, 6.07) is 16.2. The highest BCUT2D eigenvalue weighted by molar-refractivity contribution is 5.95. The van der Waals surface area contributed by atoms with Gasteiger partial charge in [-0.05, 0) is 43.5 Å². The van der Waals surface area contributed by atoms with E-state index in [2.05, 4.69) is 28.4 Å². The molecule has 1 aliphatic heterocycles. The number of hydrogen-bond acceptors (Lipinski definition) is 4. The Labute approximate surface area is 152 Å². The molecule has 6 heteroatoms. The third kappa shape index (κ3) is 3.10. The first kappa shape index (κ1) is 16.4. The SMILES string of the molecule is Cc1ccc(-c2nnn(CC(=O)N3c4ccccc4CC[C@@H]3C)n2)cc1. The van der Waals surface area contributed by atoms with Gasteiger partial charge in [-0.1, -0.05) is 48.0 Å². The second-order valence-corrected chi connectivity index (χ2v) is 6.79. The predicted molar refractivity (Wildman–Crippen MR) is 99.7 cm³/mol. The van der Waals surface area contributed by atoms with Gasteiger partial charge in [0, 0.05) is 17.3 Å². The molecule has 0 fully saturated rings. The van der Waals surface area contributed by atoms with Crippen molar-refractivity contribution in [2.75, 3.05) is 4.90 Å². The van der Waals surface area contributed by atoms with Gasteiger partial charge in [0.2, 0.25) is 5.82 Å². The van der Waals surface area contributed by atoms with Crippen LogP contribution in [-0.2, 0) is 17.8 Å². The Balaban J connectivity index is 1.55. The number of nitrogens with zero attached hydrogens (tertiary/aromatic N) is 5. The number of para-hydroxylation sites is 1. The highest BCUT2D eigenvalue weighted by atomic mass is 16.2. The van der Waals surface area contributed by atoms with Crippen molar-refractivity contribution in [1.29, 1.82) is 0 Å². The van der Waals surface area contributed by atoms with Gasteiger partial charge in [-0.15, -0.1) is 10.2 Å². The van der Waals surface area contributed by atoms with Crippen molar-refractivity contribution >= 4 is 11.6 Å². The molecule has 3 aromatic rings. The van der Waals surface area contributed by atoms with E-state index in [9.17, 15) is 4.79 Å². The number of aromatic nitrogens is 4. The van der Waals surface area contributed by atoms with Gasteiger partial charge in [-0.25, -0.2) is 0 Å². The van der Waals surface area contributed by atoms with Gasteiger partial charge in [-0.2, -0.15) is 4.80 Å². The molecule has 0 saturated carbocycles. The fourth-order valence-electron chi connectivity index (χ4n) is 3.39. The van der Waals surface area contributed by atoms with E-state index >= 15 is 0 Å². The average molecular weight is 347 g/mol. The Bertz CT molecular complexity index is 931. The molecule has 6 nitrogen and oxygen atoms in total. The van der Waals surface area contributed by atoms with Crippen LogP contribution in [0, 0.1) is 6.92 Å². The lowest BCUT2D eigenvalue weighted by molar-refractivity contribution is -0.120. The number of anilines is 1. The molecule has 0 N–H and O–H groups in total. The van der Waals surface area contributed by atoms with Gasteiger partial charge in [0.15, 0.2) is 0 Å². The number of fused-ring (bicyclic) bond motifs is 1. The Hall–Kier alpha value is -3.02. The van der Waals surface area contributed by atoms with Crippen LogP contribution in [0.25, 0.3) is 11.4 Å².